The van der Waals surface area contributed by atoms with E-state index in [1.165, 1.54) is 12.1 Å². The summed E-state index contributed by atoms with van der Waals surface area (Å²) in [6.45, 7) is 1.75. The molecule has 0 spiro atoms. The number of hydrogen-bond donors (Lipinski definition) is 0. The molecule has 6 nitrogen and oxygen atoms in total. The van der Waals surface area contributed by atoms with E-state index in [9.17, 15) is 14.0 Å². The third-order valence-electron chi connectivity index (χ3n) is 4.23. The number of para-hydroxylation sites is 1. The minimum atomic E-state index is -0.496. The van der Waals surface area contributed by atoms with Crippen molar-refractivity contribution in [3.8, 4) is 5.75 Å². The minimum Gasteiger partial charge on any atom is -0.481 e. The van der Waals surface area contributed by atoms with Crippen LogP contribution < -0.4 is 4.74 Å². The summed E-state index contributed by atoms with van der Waals surface area (Å²) in [5.41, 5.74) is 0.537. The first-order valence-corrected chi connectivity index (χ1v) is 8.49. The summed E-state index contributed by atoms with van der Waals surface area (Å²) in [5, 5.41) is 0. The van der Waals surface area contributed by atoms with Crippen molar-refractivity contribution in [2.45, 2.75) is 6.42 Å². The molecule has 1 aliphatic rings. The van der Waals surface area contributed by atoms with E-state index in [1.807, 2.05) is 0 Å². The smallest absolute Gasteiger partial charge is 0.260 e. The number of halogens is 1. The van der Waals surface area contributed by atoms with Crippen molar-refractivity contribution >= 4 is 11.8 Å². The van der Waals surface area contributed by atoms with Crippen molar-refractivity contribution in [1.82, 2.24) is 14.8 Å². The predicted octanol–water partition coefficient (Wildman–Crippen LogP) is 1.97. The molecule has 1 saturated heterocycles. The van der Waals surface area contributed by atoms with Gasteiger partial charge < -0.3 is 14.5 Å². The van der Waals surface area contributed by atoms with Gasteiger partial charge in [0.2, 0.25) is 0 Å². The summed E-state index contributed by atoms with van der Waals surface area (Å²) in [7, 11) is 0. The molecule has 1 aliphatic heterocycles. The Morgan fingerprint density at radius 2 is 1.81 bits per heavy atom. The molecule has 3 rings (SSSR count). The Bertz CT molecular complexity index is 770. The fraction of sp³-hybridized carbons (Fsp3) is 0.316. The van der Waals surface area contributed by atoms with Crippen LogP contribution in [0.1, 0.15) is 16.8 Å². The van der Waals surface area contributed by atoms with Crippen molar-refractivity contribution in [2.75, 3.05) is 32.8 Å². The molecular formula is C19H20FN3O3. The van der Waals surface area contributed by atoms with Crippen LogP contribution in [0.3, 0.4) is 0 Å². The molecule has 0 saturated carbocycles. The predicted molar refractivity (Wildman–Crippen MR) is 93.2 cm³/mol. The van der Waals surface area contributed by atoms with Crippen LogP contribution >= 0.6 is 0 Å². The third-order valence-corrected chi connectivity index (χ3v) is 4.23. The summed E-state index contributed by atoms with van der Waals surface area (Å²) in [4.78, 5) is 32.2. The van der Waals surface area contributed by atoms with Gasteiger partial charge in [0.1, 0.15) is 0 Å². The number of benzene rings is 1. The Hall–Kier alpha value is -2.96. The van der Waals surface area contributed by atoms with E-state index < -0.39 is 5.82 Å². The first-order chi connectivity index (χ1) is 12.6. The van der Waals surface area contributed by atoms with E-state index in [-0.39, 0.29) is 24.2 Å². The van der Waals surface area contributed by atoms with E-state index in [0.717, 1.165) is 0 Å². The SMILES string of the molecule is O=C(COc1ccccc1F)N1CCCN(C(=O)c2cccnc2)CC1. The number of carbonyl (C=O) groups excluding carboxylic acids is 2. The highest BCUT2D eigenvalue weighted by Crippen LogP contribution is 2.15. The Morgan fingerprint density at radius 1 is 1.04 bits per heavy atom. The van der Waals surface area contributed by atoms with Gasteiger partial charge in [0.15, 0.2) is 18.2 Å². The molecule has 1 aromatic heterocycles. The molecule has 2 amide bonds. The van der Waals surface area contributed by atoms with Crippen molar-refractivity contribution in [1.29, 1.82) is 0 Å². The van der Waals surface area contributed by atoms with E-state index in [4.69, 9.17) is 4.74 Å². The number of carbonyl (C=O) groups is 2. The molecule has 0 atom stereocenters. The number of aromatic nitrogens is 1. The first kappa shape index (κ1) is 17.8. The summed E-state index contributed by atoms with van der Waals surface area (Å²) < 4.78 is 18.8. The fourth-order valence-corrected chi connectivity index (χ4v) is 2.83. The molecule has 0 N–H and O–H groups in total. The van der Waals surface area contributed by atoms with Crippen LogP contribution in [-0.4, -0.2) is 59.4 Å². The summed E-state index contributed by atoms with van der Waals surface area (Å²) in [6.07, 6.45) is 3.84. The summed E-state index contributed by atoms with van der Waals surface area (Å²) >= 11 is 0. The van der Waals surface area contributed by atoms with Crippen LogP contribution in [0, 0.1) is 5.82 Å². The van der Waals surface area contributed by atoms with E-state index >= 15 is 0 Å². The molecule has 136 valence electrons. The molecular weight excluding hydrogens is 337 g/mol. The third kappa shape index (κ3) is 4.36. The molecule has 1 fully saturated rings. The highest BCUT2D eigenvalue weighted by atomic mass is 19.1. The Kier molecular flexibility index (Phi) is 5.78. The van der Waals surface area contributed by atoms with Crippen molar-refractivity contribution in [2.24, 2.45) is 0 Å². The van der Waals surface area contributed by atoms with E-state index in [2.05, 4.69) is 4.98 Å². The number of nitrogens with zero attached hydrogens (tertiary/aromatic N) is 3. The number of ether oxygens (including phenoxy) is 1. The maximum absolute atomic E-state index is 13.5. The van der Waals surface area contributed by atoms with Crippen LogP contribution in [0.25, 0.3) is 0 Å². The van der Waals surface area contributed by atoms with Crippen LogP contribution in [0.4, 0.5) is 4.39 Å². The highest BCUT2D eigenvalue weighted by Gasteiger charge is 2.23. The Balaban J connectivity index is 1.54. The zero-order chi connectivity index (χ0) is 18.4. The number of pyridine rings is 1. The van der Waals surface area contributed by atoms with Crippen molar-refractivity contribution < 1.29 is 18.7 Å². The Labute approximate surface area is 151 Å². The lowest BCUT2D eigenvalue weighted by Crippen LogP contribution is -2.39. The lowest BCUT2D eigenvalue weighted by molar-refractivity contribution is -0.133. The van der Waals surface area contributed by atoms with Gasteiger partial charge >= 0.3 is 0 Å². The van der Waals surface area contributed by atoms with Gasteiger partial charge in [-0.2, -0.15) is 0 Å². The minimum absolute atomic E-state index is 0.0593. The normalized spacial score (nSPS) is 14.7. The van der Waals surface area contributed by atoms with Gasteiger partial charge in [0, 0.05) is 38.6 Å². The van der Waals surface area contributed by atoms with Gasteiger partial charge in [-0.3, -0.25) is 14.6 Å². The molecule has 0 aliphatic carbocycles. The lowest BCUT2D eigenvalue weighted by Gasteiger charge is -2.22. The average molecular weight is 357 g/mol. The van der Waals surface area contributed by atoms with Crippen molar-refractivity contribution in [3.63, 3.8) is 0 Å². The monoisotopic (exact) mass is 357 g/mol. The average Bonchev–Trinajstić information content (AvgIpc) is 2.93. The second-order valence-electron chi connectivity index (χ2n) is 5.99. The standard InChI is InChI=1S/C19H20FN3O3/c20-16-6-1-2-7-17(16)26-14-18(24)22-9-4-10-23(12-11-22)19(25)15-5-3-8-21-13-15/h1-3,5-8,13H,4,9-12,14H2. The number of rotatable bonds is 4. The maximum Gasteiger partial charge on any atom is 0.260 e. The topological polar surface area (TPSA) is 62.7 Å². The molecule has 0 radical (unpaired) electrons. The molecule has 0 unspecified atom stereocenters. The molecule has 0 bridgehead atoms. The summed E-state index contributed by atoms with van der Waals surface area (Å²) in [5.74, 6) is -0.743. The Morgan fingerprint density at radius 3 is 2.58 bits per heavy atom. The highest BCUT2D eigenvalue weighted by molar-refractivity contribution is 5.94. The van der Waals surface area contributed by atoms with Crippen molar-refractivity contribution in [3.05, 3.63) is 60.2 Å². The molecule has 7 heteroatoms. The molecule has 26 heavy (non-hydrogen) atoms. The first-order valence-electron chi connectivity index (χ1n) is 8.49. The van der Waals surface area contributed by atoms with Gasteiger partial charge in [0.05, 0.1) is 5.56 Å². The van der Waals surface area contributed by atoms with Crippen LogP contribution in [-0.2, 0) is 4.79 Å². The quantitative estimate of drug-likeness (QED) is 0.839. The number of amides is 2. The van der Waals surface area contributed by atoms with Gasteiger partial charge in [-0.15, -0.1) is 0 Å². The van der Waals surface area contributed by atoms with E-state index in [1.54, 1.807) is 46.5 Å². The second kappa shape index (κ2) is 8.42. The molecule has 2 aromatic rings. The fourth-order valence-electron chi connectivity index (χ4n) is 2.83. The largest absolute Gasteiger partial charge is 0.481 e. The summed E-state index contributed by atoms with van der Waals surface area (Å²) in [6, 6.07) is 9.43. The van der Waals surface area contributed by atoms with Gasteiger partial charge in [0.25, 0.3) is 11.8 Å². The lowest BCUT2D eigenvalue weighted by atomic mass is 10.2. The molecule has 1 aromatic carbocycles. The molecule has 2 heterocycles. The van der Waals surface area contributed by atoms with Gasteiger partial charge in [-0.25, -0.2) is 4.39 Å². The number of hydrogen-bond acceptors (Lipinski definition) is 4. The van der Waals surface area contributed by atoms with Gasteiger partial charge in [-0.1, -0.05) is 12.1 Å². The van der Waals surface area contributed by atoms with E-state index in [0.29, 0.717) is 38.2 Å². The van der Waals surface area contributed by atoms with Crippen LogP contribution in [0.5, 0.6) is 5.75 Å². The van der Waals surface area contributed by atoms with Gasteiger partial charge in [-0.05, 0) is 30.7 Å². The zero-order valence-corrected chi connectivity index (χ0v) is 14.3. The van der Waals surface area contributed by atoms with Crippen LogP contribution in [0.2, 0.25) is 0 Å². The zero-order valence-electron chi connectivity index (χ0n) is 14.3. The second-order valence-corrected chi connectivity index (χ2v) is 5.99. The van der Waals surface area contributed by atoms with Crippen LogP contribution in [0.15, 0.2) is 48.8 Å². The maximum atomic E-state index is 13.5.